The molecule has 0 aromatic heterocycles. The summed E-state index contributed by atoms with van der Waals surface area (Å²) >= 11 is 0. The molecule has 2 nitrogen and oxygen atoms in total. The standard InChI is InChI=1S/C16H14O2/c1-11-8-14-9-12(6-7-16(14)18-11)15-5-3-2-4-13(15)10-17/h2-7,9-11H,8H2,1H3. The van der Waals surface area contributed by atoms with E-state index in [1.165, 1.54) is 5.56 Å². The molecular formula is C16H14O2. The first-order chi connectivity index (χ1) is 8.78. The van der Waals surface area contributed by atoms with Crippen LogP contribution in [0.25, 0.3) is 11.1 Å². The Labute approximate surface area is 106 Å². The fourth-order valence-corrected chi connectivity index (χ4v) is 2.45. The molecule has 18 heavy (non-hydrogen) atoms. The summed E-state index contributed by atoms with van der Waals surface area (Å²) in [6.45, 7) is 2.07. The lowest BCUT2D eigenvalue weighted by molar-refractivity contribution is 0.112. The molecule has 0 amide bonds. The minimum atomic E-state index is 0.247. The fourth-order valence-electron chi connectivity index (χ4n) is 2.45. The van der Waals surface area contributed by atoms with Gasteiger partial charge in [-0.3, -0.25) is 4.79 Å². The van der Waals surface area contributed by atoms with Gasteiger partial charge in [0.1, 0.15) is 11.9 Å². The van der Waals surface area contributed by atoms with Gasteiger partial charge in [0.05, 0.1) is 0 Å². The minimum absolute atomic E-state index is 0.247. The Hall–Kier alpha value is -2.09. The number of carbonyl (C=O) groups excluding carboxylic acids is 1. The van der Waals surface area contributed by atoms with Gasteiger partial charge in [-0.1, -0.05) is 30.3 Å². The van der Waals surface area contributed by atoms with E-state index in [0.29, 0.717) is 0 Å². The Morgan fingerprint density at radius 3 is 2.89 bits per heavy atom. The van der Waals surface area contributed by atoms with Crippen molar-refractivity contribution in [1.82, 2.24) is 0 Å². The molecule has 1 aliphatic heterocycles. The summed E-state index contributed by atoms with van der Waals surface area (Å²) in [5.41, 5.74) is 4.01. The number of fused-ring (bicyclic) bond motifs is 1. The third-order valence-corrected chi connectivity index (χ3v) is 3.29. The van der Waals surface area contributed by atoms with Gasteiger partial charge in [0, 0.05) is 12.0 Å². The van der Waals surface area contributed by atoms with Crippen molar-refractivity contribution in [1.29, 1.82) is 0 Å². The fraction of sp³-hybridized carbons (Fsp3) is 0.188. The third-order valence-electron chi connectivity index (χ3n) is 3.29. The highest BCUT2D eigenvalue weighted by molar-refractivity contribution is 5.87. The zero-order valence-corrected chi connectivity index (χ0v) is 10.2. The normalized spacial score (nSPS) is 17.1. The van der Waals surface area contributed by atoms with E-state index in [-0.39, 0.29) is 6.10 Å². The van der Waals surface area contributed by atoms with Gasteiger partial charge in [0.15, 0.2) is 6.29 Å². The zero-order chi connectivity index (χ0) is 12.5. The quantitative estimate of drug-likeness (QED) is 0.749. The maximum atomic E-state index is 11.1. The molecule has 0 saturated carbocycles. The molecule has 1 heterocycles. The lowest BCUT2D eigenvalue weighted by atomic mass is 9.97. The second kappa shape index (κ2) is 4.30. The number of benzene rings is 2. The topological polar surface area (TPSA) is 26.3 Å². The average Bonchev–Trinajstić information content (AvgIpc) is 2.77. The number of hydrogen-bond donors (Lipinski definition) is 0. The van der Waals surface area contributed by atoms with Gasteiger partial charge in [-0.15, -0.1) is 0 Å². The van der Waals surface area contributed by atoms with E-state index in [0.717, 1.165) is 35.1 Å². The van der Waals surface area contributed by atoms with Crippen molar-refractivity contribution in [3.63, 3.8) is 0 Å². The maximum Gasteiger partial charge on any atom is 0.150 e. The van der Waals surface area contributed by atoms with E-state index in [4.69, 9.17) is 4.74 Å². The van der Waals surface area contributed by atoms with Gasteiger partial charge in [-0.25, -0.2) is 0 Å². The van der Waals surface area contributed by atoms with Crippen LogP contribution in [0, 0.1) is 0 Å². The highest BCUT2D eigenvalue weighted by atomic mass is 16.5. The molecule has 0 fully saturated rings. The average molecular weight is 238 g/mol. The summed E-state index contributed by atoms with van der Waals surface area (Å²) in [6.07, 6.45) is 2.09. The molecule has 2 heteroatoms. The van der Waals surface area contributed by atoms with Crippen LogP contribution < -0.4 is 4.74 Å². The molecule has 0 radical (unpaired) electrons. The Morgan fingerprint density at radius 2 is 2.06 bits per heavy atom. The summed E-state index contributed by atoms with van der Waals surface area (Å²) in [5, 5.41) is 0. The zero-order valence-electron chi connectivity index (χ0n) is 10.2. The van der Waals surface area contributed by atoms with Crippen LogP contribution in [0.4, 0.5) is 0 Å². The Bertz CT molecular complexity index is 602. The van der Waals surface area contributed by atoms with Crippen LogP contribution in [0.3, 0.4) is 0 Å². The predicted octanol–water partition coefficient (Wildman–Crippen LogP) is 3.49. The first kappa shape index (κ1) is 11.0. The highest BCUT2D eigenvalue weighted by Gasteiger charge is 2.19. The molecule has 0 N–H and O–H groups in total. The second-order valence-electron chi connectivity index (χ2n) is 4.66. The van der Waals surface area contributed by atoms with Gasteiger partial charge in [-0.2, -0.15) is 0 Å². The van der Waals surface area contributed by atoms with Gasteiger partial charge >= 0.3 is 0 Å². The lowest BCUT2D eigenvalue weighted by Gasteiger charge is -2.06. The number of aldehydes is 1. The van der Waals surface area contributed by atoms with Crippen LogP contribution in [-0.4, -0.2) is 12.4 Å². The van der Waals surface area contributed by atoms with Crippen LogP contribution in [0.5, 0.6) is 5.75 Å². The summed E-state index contributed by atoms with van der Waals surface area (Å²) < 4.78 is 5.68. The minimum Gasteiger partial charge on any atom is -0.490 e. The first-order valence-corrected chi connectivity index (χ1v) is 6.12. The van der Waals surface area contributed by atoms with Crippen molar-refractivity contribution in [2.45, 2.75) is 19.4 Å². The molecule has 90 valence electrons. The lowest BCUT2D eigenvalue weighted by Crippen LogP contribution is -2.05. The highest BCUT2D eigenvalue weighted by Crippen LogP contribution is 2.33. The number of carbonyl (C=O) groups is 1. The molecule has 2 aromatic rings. The van der Waals surface area contributed by atoms with Crippen LogP contribution >= 0.6 is 0 Å². The van der Waals surface area contributed by atoms with E-state index >= 15 is 0 Å². The molecule has 1 atom stereocenters. The Balaban J connectivity index is 2.08. The van der Waals surface area contributed by atoms with Gasteiger partial charge in [0.25, 0.3) is 0 Å². The molecule has 0 aliphatic carbocycles. The van der Waals surface area contributed by atoms with Gasteiger partial charge < -0.3 is 4.74 Å². The smallest absolute Gasteiger partial charge is 0.150 e. The predicted molar refractivity (Wildman–Crippen MR) is 71.1 cm³/mol. The Kier molecular flexibility index (Phi) is 2.63. The number of rotatable bonds is 2. The summed E-state index contributed by atoms with van der Waals surface area (Å²) in [7, 11) is 0. The molecular weight excluding hydrogens is 224 g/mol. The van der Waals surface area contributed by atoms with Crippen molar-refractivity contribution in [2.24, 2.45) is 0 Å². The third kappa shape index (κ3) is 1.80. The first-order valence-electron chi connectivity index (χ1n) is 6.12. The van der Waals surface area contributed by atoms with Crippen LogP contribution in [-0.2, 0) is 6.42 Å². The van der Waals surface area contributed by atoms with Crippen LogP contribution in [0.2, 0.25) is 0 Å². The van der Waals surface area contributed by atoms with Gasteiger partial charge in [0.2, 0.25) is 0 Å². The van der Waals surface area contributed by atoms with Crippen molar-refractivity contribution in [3.8, 4) is 16.9 Å². The summed E-state index contributed by atoms with van der Waals surface area (Å²) in [6, 6.07) is 13.8. The number of hydrogen-bond acceptors (Lipinski definition) is 2. The monoisotopic (exact) mass is 238 g/mol. The Morgan fingerprint density at radius 1 is 1.22 bits per heavy atom. The van der Waals surface area contributed by atoms with Crippen molar-refractivity contribution in [3.05, 3.63) is 53.6 Å². The van der Waals surface area contributed by atoms with Crippen molar-refractivity contribution < 1.29 is 9.53 Å². The molecule has 2 aromatic carbocycles. The van der Waals surface area contributed by atoms with Crippen LogP contribution in [0.15, 0.2) is 42.5 Å². The molecule has 1 aliphatic rings. The second-order valence-corrected chi connectivity index (χ2v) is 4.66. The van der Waals surface area contributed by atoms with Crippen molar-refractivity contribution >= 4 is 6.29 Å². The summed E-state index contributed by atoms with van der Waals surface area (Å²) in [4.78, 5) is 11.1. The maximum absolute atomic E-state index is 11.1. The largest absolute Gasteiger partial charge is 0.490 e. The SMILES string of the molecule is CC1Cc2cc(-c3ccccc3C=O)ccc2O1. The van der Waals surface area contributed by atoms with E-state index < -0.39 is 0 Å². The van der Waals surface area contributed by atoms with Crippen LogP contribution in [0.1, 0.15) is 22.8 Å². The van der Waals surface area contributed by atoms with Crippen molar-refractivity contribution in [2.75, 3.05) is 0 Å². The van der Waals surface area contributed by atoms with E-state index in [2.05, 4.69) is 13.0 Å². The molecule has 0 saturated heterocycles. The molecule has 0 bridgehead atoms. The van der Waals surface area contributed by atoms with E-state index in [1.54, 1.807) is 0 Å². The number of ether oxygens (including phenoxy) is 1. The molecule has 0 spiro atoms. The summed E-state index contributed by atoms with van der Waals surface area (Å²) in [5.74, 6) is 0.967. The van der Waals surface area contributed by atoms with Gasteiger partial charge in [-0.05, 0) is 35.7 Å². The van der Waals surface area contributed by atoms with E-state index in [9.17, 15) is 4.79 Å². The molecule has 1 unspecified atom stereocenters. The van der Waals surface area contributed by atoms with E-state index in [1.807, 2.05) is 36.4 Å². The molecule has 3 rings (SSSR count).